The van der Waals surface area contributed by atoms with Gasteiger partial charge in [0.15, 0.2) is 0 Å². The summed E-state index contributed by atoms with van der Waals surface area (Å²) in [7, 11) is 0. The molecule has 156 valence electrons. The predicted molar refractivity (Wildman–Crippen MR) is 112 cm³/mol. The molecule has 0 fully saturated rings. The van der Waals surface area contributed by atoms with Crippen LogP contribution in [0.25, 0.3) is 0 Å². The molecule has 0 aromatic rings. The van der Waals surface area contributed by atoms with E-state index in [4.69, 9.17) is 9.84 Å². The van der Waals surface area contributed by atoms with Crippen molar-refractivity contribution in [3.63, 3.8) is 0 Å². The first kappa shape index (κ1) is 25.4. The zero-order chi connectivity index (χ0) is 19.3. The van der Waals surface area contributed by atoms with E-state index in [1.165, 1.54) is 83.5 Å². The molecule has 0 saturated carbocycles. The first-order chi connectivity index (χ1) is 12.7. The predicted octanol–water partition coefficient (Wildman–Crippen LogP) is 7.52. The Labute approximate surface area is 163 Å². The quantitative estimate of drug-likeness (QED) is 0.212. The number of carboxylic acids is 1. The summed E-state index contributed by atoms with van der Waals surface area (Å²) in [5.41, 5.74) is 0. The summed E-state index contributed by atoms with van der Waals surface area (Å²) in [5.74, 6) is -0.739. The maximum Gasteiger partial charge on any atom is 0.305 e. The molecule has 0 spiro atoms. The number of unbranched alkanes of at least 4 members (excludes halogenated alkanes) is 14. The van der Waals surface area contributed by atoms with Crippen LogP contribution >= 0.6 is 0 Å². The van der Waals surface area contributed by atoms with Gasteiger partial charge in [-0.2, -0.15) is 0 Å². The first-order valence-corrected chi connectivity index (χ1v) is 11.5. The Morgan fingerprint density at radius 1 is 0.692 bits per heavy atom. The number of hydrogen-bond acceptors (Lipinski definition) is 2. The lowest BCUT2D eigenvalue weighted by Gasteiger charge is -2.15. The summed E-state index contributed by atoms with van der Waals surface area (Å²) in [4.78, 5) is 10.9. The fourth-order valence-electron chi connectivity index (χ4n) is 3.40. The number of rotatable bonds is 21. The van der Waals surface area contributed by atoms with Crippen molar-refractivity contribution in [1.82, 2.24) is 0 Å². The van der Waals surface area contributed by atoms with E-state index in [1.807, 2.05) is 0 Å². The SMILES string of the molecule is CCCCCCCCCCCCCCCCC(CC(=O)O)OCCCC. The van der Waals surface area contributed by atoms with Crippen LogP contribution in [0.3, 0.4) is 0 Å². The van der Waals surface area contributed by atoms with Crippen LogP contribution in [0.1, 0.15) is 129 Å². The van der Waals surface area contributed by atoms with Crippen molar-refractivity contribution in [3.05, 3.63) is 0 Å². The Hall–Kier alpha value is -0.570. The van der Waals surface area contributed by atoms with E-state index in [0.717, 1.165) is 25.7 Å². The second-order valence-electron chi connectivity index (χ2n) is 7.83. The van der Waals surface area contributed by atoms with Crippen LogP contribution in [-0.2, 0) is 9.53 Å². The topological polar surface area (TPSA) is 46.5 Å². The van der Waals surface area contributed by atoms with E-state index in [9.17, 15) is 4.79 Å². The smallest absolute Gasteiger partial charge is 0.305 e. The molecule has 0 aliphatic rings. The normalized spacial score (nSPS) is 12.4. The highest BCUT2D eigenvalue weighted by molar-refractivity contribution is 5.67. The summed E-state index contributed by atoms with van der Waals surface area (Å²) in [6.07, 6.45) is 22.0. The summed E-state index contributed by atoms with van der Waals surface area (Å²) in [5, 5.41) is 8.98. The van der Waals surface area contributed by atoms with Gasteiger partial charge in [0, 0.05) is 6.61 Å². The van der Waals surface area contributed by atoms with Gasteiger partial charge in [0.05, 0.1) is 12.5 Å². The molecule has 0 aliphatic carbocycles. The zero-order valence-electron chi connectivity index (χ0n) is 17.8. The third kappa shape index (κ3) is 19.8. The minimum atomic E-state index is -0.739. The largest absolute Gasteiger partial charge is 0.481 e. The Bertz CT molecular complexity index is 291. The highest BCUT2D eigenvalue weighted by Crippen LogP contribution is 2.15. The molecule has 0 amide bonds. The van der Waals surface area contributed by atoms with Crippen molar-refractivity contribution in [2.45, 2.75) is 136 Å². The molecule has 0 bridgehead atoms. The van der Waals surface area contributed by atoms with Crippen LogP contribution in [0, 0.1) is 0 Å². The van der Waals surface area contributed by atoms with E-state index in [2.05, 4.69) is 13.8 Å². The number of hydrogen-bond donors (Lipinski definition) is 1. The fraction of sp³-hybridized carbons (Fsp3) is 0.957. The monoisotopic (exact) mass is 370 g/mol. The second kappa shape index (κ2) is 20.7. The highest BCUT2D eigenvalue weighted by Gasteiger charge is 2.13. The Morgan fingerprint density at radius 2 is 1.12 bits per heavy atom. The second-order valence-corrected chi connectivity index (χ2v) is 7.83. The molecule has 0 aromatic heterocycles. The third-order valence-electron chi connectivity index (χ3n) is 5.13. The molecule has 0 aromatic carbocycles. The molecular weight excluding hydrogens is 324 g/mol. The van der Waals surface area contributed by atoms with Crippen LogP contribution < -0.4 is 0 Å². The minimum Gasteiger partial charge on any atom is -0.481 e. The molecule has 1 atom stereocenters. The van der Waals surface area contributed by atoms with Gasteiger partial charge in [0.1, 0.15) is 0 Å². The van der Waals surface area contributed by atoms with Crippen molar-refractivity contribution >= 4 is 5.97 Å². The Balaban J connectivity index is 3.37. The summed E-state index contributed by atoms with van der Waals surface area (Å²) >= 11 is 0. The lowest BCUT2D eigenvalue weighted by molar-refractivity contribution is -0.140. The molecule has 26 heavy (non-hydrogen) atoms. The molecule has 0 aliphatic heterocycles. The van der Waals surface area contributed by atoms with E-state index < -0.39 is 5.97 Å². The Morgan fingerprint density at radius 3 is 1.54 bits per heavy atom. The van der Waals surface area contributed by atoms with Gasteiger partial charge in [0.2, 0.25) is 0 Å². The lowest BCUT2D eigenvalue weighted by Crippen LogP contribution is -2.18. The van der Waals surface area contributed by atoms with E-state index in [1.54, 1.807) is 0 Å². The lowest BCUT2D eigenvalue weighted by atomic mass is 10.0. The van der Waals surface area contributed by atoms with Crippen LogP contribution in [-0.4, -0.2) is 23.8 Å². The van der Waals surface area contributed by atoms with Crippen molar-refractivity contribution in [1.29, 1.82) is 0 Å². The molecule has 3 heteroatoms. The van der Waals surface area contributed by atoms with Crippen molar-refractivity contribution in [2.75, 3.05) is 6.61 Å². The zero-order valence-corrected chi connectivity index (χ0v) is 17.8. The van der Waals surface area contributed by atoms with Gasteiger partial charge in [-0.15, -0.1) is 0 Å². The molecule has 1 unspecified atom stereocenters. The van der Waals surface area contributed by atoms with E-state index in [0.29, 0.717) is 6.61 Å². The summed E-state index contributed by atoms with van der Waals surface area (Å²) in [6.45, 7) is 5.10. The van der Waals surface area contributed by atoms with Gasteiger partial charge >= 0.3 is 5.97 Å². The van der Waals surface area contributed by atoms with E-state index in [-0.39, 0.29) is 12.5 Å². The van der Waals surface area contributed by atoms with Crippen LogP contribution in [0.5, 0.6) is 0 Å². The first-order valence-electron chi connectivity index (χ1n) is 11.5. The summed E-state index contributed by atoms with van der Waals surface area (Å²) in [6, 6.07) is 0. The number of aliphatic carboxylic acids is 1. The number of carboxylic acid groups (broad SMARTS) is 1. The van der Waals surface area contributed by atoms with Crippen LogP contribution in [0.2, 0.25) is 0 Å². The van der Waals surface area contributed by atoms with Crippen molar-refractivity contribution in [3.8, 4) is 0 Å². The standard InChI is InChI=1S/C23H46O3/c1-3-5-7-8-9-10-11-12-13-14-15-16-17-18-19-22(21-23(24)25)26-20-6-4-2/h22H,3-21H2,1-2H3,(H,24,25). The van der Waals surface area contributed by atoms with Gasteiger partial charge in [-0.05, 0) is 12.8 Å². The average molecular weight is 371 g/mol. The van der Waals surface area contributed by atoms with Gasteiger partial charge in [-0.3, -0.25) is 4.79 Å². The van der Waals surface area contributed by atoms with Gasteiger partial charge < -0.3 is 9.84 Å². The molecule has 0 radical (unpaired) electrons. The maximum absolute atomic E-state index is 10.9. The van der Waals surface area contributed by atoms with Crippen molar-refractivity contribution < 1.29 is 14.6 Å². The fourth-order valence-corrected chi connectivity index (χ4v) is 3.40. The molecule has 1 N–H and O–H groups in total. The maximum atomic E-state index is 10.9. The Kier molecular flexibility index (Phi) is 20.3. The number of ether oxygens (including phenoxy) is 1. The van der Waals surface area contributed by atoms with Crippen molar-refractivity contribution in [2.24, 2.45) is 0 Å². The highest BCUT2D eigenvalue weighted by atomic mass is 16.5. The van der Waals surface area contributed by atoms with E-state index >= 15 is 0 Å². The van der Waals surface area contributed by atoms with Crippen LogP contribution in [0.15, 0.2) is 0 Å². The average Bonchev–Trinajstić information content (AvgIpc) is 2.61. The van der Waals surface area contributed by atoms with Gasteiger partial charge in [-0.1, -0.05) is 110 Å². The third-order valence-corrected chi connectivity index (χ3v) is 5.13. The van der Waals surface area contributed by atoms with Gasteiger partial charge in [0.25, 0.3) is 0 Å². The van der Waals surface area contributed by atoms with Gasteiger partial charge in [-0.25, -0.2) is 0 Å². The van der Waals surface area contributed by atoms with Crippen LogP contribution in [0.4, 0.5) is 0 Å². The molecule has 0 heterocycles. The molecule has 3 nitrogen and oxygen atoms in total. The molecule has 0 rings (SSSR count). The molecular formula is C23H46O3. The molecule has 0 saturated heterocycles. The summed E-state index contributed by atoms with van der Waals surface area (Å²) < 4.78 is 5.73. The minimum absolute atomic E-state index is 0.0867. The number of carbonyl (C=O) groups is 1.